The van der Waals surface area contributed by atoms with Gasteiger partial charge in [-0.05, 0) is 19.4 Å². The van der Waals surface area contributed by atoms with E-state index in [-0.39, 0.29) is 18.1 Å². The second-order valence-corrected chi connectivity index (χ2v) is 3.76. The first-order chi connectivity index (χ1) is 6.27. The highest BCUT2D eigenvalue weighted by Gasteiger charge is 2.34. The molecule has 0 spiro atoms. The van der Waals surface area contributed by atoms with Crippen LogP contribution in [0.5, 0.6) is 0 Å². The van der Waals surface area contributed by atoms with Crippen LogP contribution in [0.4, 0.5) is 0 Å². The third-order valence-electron chi connectivity index (χ3n) is 2.78. The second-order valence-electron chi connectivity index (χ2n) is 3.76. The fourth-order valence-electron chi connectivity index (χ4n) is 2.08. The van der Waals surface area contributed by atoms with Gasteiger partial charge in [-0.15, -0.1) is 0 Å². The van der Waals surface area contributed by atoms with Gasteiger partial charge in [0.05, 0.1) is 12.7 Å². The number of cyclic esters (lactones) is 1. The normalized spacial score (nSPS) is 36.2. The summed E-state index contributed by atoms with van der Waals surface area (Å²) in [6, 6.07) is -0.0880. The zero-order valence-corrected chi connectivity index (χ0v) is 7.61. The third-order valence-corrected chi connectivity index (χ3v) is 2.78. The molecular weight excluding hydrogens is 170 g/mol. The van der Waals surface area contributed by atoms with E-state index in [9.17, 15) is 9.90 Å². The fraction of sp³-hybridized carbons (Fsp3) is 0.889. The predicted molar refractivity (Wildman–Crippen MR) is 46.2 cm³/mol. The van der Waals surface area contributed by atoms with E-state index in [1.165, 1.54) is 0 Å². The molecule has 2 saturated heterocycles. The minimum absolute atomic E-state index is 0.0880. The summed E-state index contributed by atoms with van der Waals surface area (Å²) in [6.07, 6.45) is 2.36. The van der Waals surface area contributed by atoms with Crippen LogP contribution in [0.15, 0.2) is 0 Å². The summed E-state index contributed by atoms with van der Waals surface area (Å²) in [7, 11) is 0. The number of hydrogen-bond acceptors (Lipinski definition) is 4. The van der Waals surface area contributed by atoms with Gasteiger partial charge in [0.15, 0.2) is 0 Å². The molecule has 0 radical (unpaired) electrons. The molecule has 2 fully saturated rings. The van der Waals surface area contributed by atoms with Gasteiger partial charge in [-0.2, -0.15) is 0 Å². The molecule has 4 heteroatoms. The van der Waals surface area contributed by atoms with Crippen molar-refractivity contribution in [1.29, 1.82) is 0 Å². The molecule has 0 amide bonds. The van der Waals surface area contributed by atoms with Gasteiger partial charge >= 0.3 is 5.97 Å². The van der Waals surface area contributed by atoms with Gasteiger partial charge < -0.3 is 9.84 Å². The van der Waals surface area contributed by atoms with E-state index < -0.39 is 0 Å². The van der Waals surface area contributed by atoms with Crippen molar-refractivity contribution in [2.24, 2.45) is 0 Å². The molecule has 2 aliphatic heterocycles. The van der Waals surface area contributed by atoms with Crippen LogP contribution in [-0.2, 0) is 9.53 Å². The first kappa shape index (κ1) is 8.97. The lowest BCUT2D eigenvalue weighted by Crippen LogP contribution is -2.46. The van der Waals surface area contributed by atoms with Crippen molar-refractivity contribution >= 4 is 5.97 Å². The Morgan fingerprint density at radius 2 is 2.31 bits per heavy atom. The maximum atomic E-state index is 11.2. The Morgan fingerprint density at radius 3 is 2.92 bits per heavy atom. The number of aliphatic hydroxyl groups excluding tert-OH is 1. The Kier molecular flexibility index (Phi) is 2.51. The van der Waals surface area contributed by atoms with E-state index >= 15 is 0 Å². The maximum absolute atomic E-state index is 11.2. The number of β-amino-alcohol motifs (C(OH)–C–C–N with tert-alkyl or cyclic N) is 1. The number of nitrogens with zero attached hydrogens (tertiary/aromatic N) is 1. The lowest BCUT2D eigenvalue weighted by atomic mass is 10.1. The molecule has 2 unspecified atom stereocenters. The fourth-order valence-corrected chi connectivity index (χ4v) is 2.08. The summed E-state index contributed by atoms with van der Waals surface area (Å²) in [6.45, 7) is 2.08. The molecule has 74 valence electrons. The number of esters is 1. The van der Waals surface area contributed by atoms with Crippen LogP contribution in [0.1, 0.15) is 19.3 Å². The molecule has 1 N–H and O–H groups in total. The lowest BCUT2D eigenvalue weighted by Gasteiger charge is -2.32. The molecule has 0 aromatic carbocycles. The number of aliphatic hydroxyl groups is 1. The molecule has 4 nitrogen and oxygen atoms in total. The third kappa shape index (κ3) is 1.84. The average molecular weight is 185 g/mol. The van der Waals surface area contributed by atoms with Crippen molar-refractivity contribution in [3.63, 3.8) is 0 Å². The van der Waals surface area contributed by atoms with E-state index in [1.54, 1.807) is 0 Å². The Morgan fingerprint density at radius 1 is 1.46 bits per heavy atom. The van der Waals surface area contributed by atoms with Crippen molar-refractivity contribution in [3.05, 3.63) is 0 Å². The molecule has 2 aliphatic rings. The second kappa shape index (κ2) is 3.64. The van der Waals surface area contributed by atoms with E-state index in [4.69, 9.17) is 4.74 Å². The number of rotatable bonds is 1. The summed E-state index contributed by atoms with van der Waals surface area (Å²) in [5.74, 6) is -0.117. The predicted octanol–water partition coefficient (Wildman–Crippen LogP) is -0.241. The van der Waals surface area contributed by atoms with Crippen LogP contribution in [-0.4, -0.2) is 47.8 Å². The van der Waals surface area contributed by atoms with Crippen molar-refractivity contribution < 1.29 is 14.6 Å². The Hall–Kier alpha value is -0.610. The minimum Gasteiger partial charge on any atom is -0.464 e. The smallest absolute Gasteiger partial charge is 0.323 e. The van der Waals surface area contributed by atoms with Crippen LogP contribution in [0.25, 0.3) is 0 Å². The number of carbonyl (C=O) groups is 1. The highest BCUT2D eigenvalue weighted by Crippen LogP contribution is 2.19. The summed E-state index contributed by atoms with van der Waals surface area (Å²) in [5, 5.41) is 9.43. The highest BCUT2D eigenvalue weighted by atomic mass is 16.5. The molecule has 2 atom stereocenters. The van der Waals surface area contributed by atoms with E-state index in [1.807, 2.05) is 4.90 Å². The molecule has 0 bridgehead atoms. The zero-order chi connectivity index (χ0) is 9.26. The van der Waals surface area contributed by atoms with Crippen LogP contribution < -0.4 is 0 Å². The minimum atomic E-state index is -0.262. The standard InChI is InChI=1S/C9H15NO3/c11-7-2-1-4-10(6-7)8-3-5-13-9(8)12/h7-8,11H,1-6H2. The van der Waals surface area contributed by atoms with Crippen LogP contribution in [0, 0.1) is 0 Å². The van der Waals surface area contributed by atoms with Gasteiger partial charge in [-0.25, -0.2) is 0 Å². The SMILES string of the molecule is O=C1OCCC1N1CCCC(O)C1. The molecule has 0 aromatic rings. The Balaban J connectivity index is 1.95. The molecule has 0 aromatic heterocycles. The number of ether oxygens (including phenoxy) is 1. The van der Waals surface area contributed by atoms with E-state index in [0.29, 0.717) is 13.2 Å². The van der Waals surface area contributed by atoms with Gasteiger partial charge in [-0.3, -0.25) is 9.69 Å². The van der Waals surface area contributed by atoms with Crippen molar-refractivity contribution in [2.45, 2.75) is 31.4 Å². The molecule has 2 heterocycles. The molecule has 13 heavy (non-hydrogen) atoms. The van der Waals surface area contributed by atoms with Crippen LogP contribution in [0.2, 0.25) is 0 Å². The largest absolute Gasteiger partial charge is 0.464 e. The maximum Gasteiger partial charge on any atom is 0.323 e. The quantitative estimate of drug-likeness (QED) is 0.573. The Labute approximate surface area is 77.5 Å². The Bertz CT molecular complexity index is 207. The van der Waals surface area contributed by atoms with Crippen molar-refractivity contribution in [2.75, 3.05) is 19.7 Å². The number of likely N-dealkylation sites (tertiary alicyclic amines) is 1. The van der Waals surface area contributed by atoms with E-state index in [0.717, 1.165) is 25.8 Å². The molecule has 0 saturated carbocycles. The molecular formula is C9H15NO3. The molecule has 2 rings (SSSR count). The van der Waals surface area contributed by atoms with Gasteiger partial charge in [0.1, 0.15) is 6.04 Å². The summed E-state index contributed by atoms with van der Waals surface area (Å²) in [4.78, 5) is 13.3. The number of piperidine rings is 1. The van der Waals surface area contributed by atoms with Crippen molar-refractivity contribution in [1.82, 2.24) is 4.90 Å². The zero-order valence-electron chi connectivity index (χ0n) is 7.61. The number of carbonyl (C=O) groups excluding carboxylic acids is 1. The van der Waals surface area contributed by atoms with Crippen molar-refractivity contribution in [3.8, 4) is 0 Å². The summed E-state index contributed by atoms with van der Waals surface area (Å²) in [5.41, 5.74) is 0. The van der Waals surface area contributed by atoms with Gasteiger partial charge in [0.25, 0.3) is 0 Å². The topological polar surface area (TPSA) is 49.8 Å². The van der Waals surface area contributed by atoms with Gasteiger partial charge in [0, 0.05) is 13.0 Å². The first-order valence-electron chi connectivity index (χ1n) is 4.86. The van der Waals surface area contributed by atoms with E-state index in [2.05, 4.69) is 0 Å². The molecule has 0 aliphatic carbocycles. The van der Waals surface area contributed by atoms with Gasteiger partial charge in [0.2, 0.25) is 0 Å². The van der Waals surface area contributed by atoms with Crippen LogP contribution >= 0.6 is 0 Å². The average Bonchev–Trinajstić information content (AvgIpc) is 2.51. The lowest BCUT2D eigenvalue weighted by molar-refractivity contribution is -0.143. The highest BCUT2D eigenvalue weighted by molar-refractivity contribution is 5.77. The number of hydrogen-bond donors (Lipinski definition) is 1. The summed E-state index contributed by atoms with van der Waals surface area (Å²) < 4.78 is 4.89. The monoisotopic (exact) mass is 185 g/mol. The van der Waals surface area contributed by atoms with Gasteiger partial charge in [-0.1, -0.05) is 0 Å². The first-order valence-corrected chi connectivity index (χ1v) is 4.86. The summed E-state index contributed by atoms with van der Waals surface area (Å²) >= 11 is 0. The van der Waals surface area contributed by atoms with Crippen LogP contribution in [0.3, 0.4) is 0 Å².